The van der Waals surface area contributed by atoms with Gasteiger partial charge in [-0.1, -0.05) is 36.4 Å². The maximum absolute atomic E-state index is 4.64. The van der Waals surface area contributed by atoms with E-state index in [0.29, 0.717) is 0 Å². The number of nitrogens with zero attached hydrogens (tertiary/aromatic N) is 4. The summed E-state index contributed by atoms with van der Waals surface area (Å²) < 4.78 is 2.10. The number of fused-ring (bicyclic) bond motifs is 1. The number of hydrogen-bond donors (Lipinski definition) is 0. The van der Waals surface area contributed by atoms with E-state index < -0.39 is 0 Å². The molecular formula is C18H14N4. The lowest BCUT2D eigenvalue weighted by Gasteiger charge is -2.07. The van der Waals surface area contributed by atoms with Gasteiger partial charge in [-0.3, -0.25) is 4.98 Å². The first kappa shape index (κ1) is 12.7. The van der Waals surface area contributed by atoms with E-state index in [2.05, 4.69) is 25.6 Å². The summed E-state index contributed by atoms with van der Waals surface area (Å²) in [7, 11) is 0. The van der Waals surface area contributed by atoms with Gasteiger partial charge < -0.3 is 4.57 Å². The van der Waals surface area contributed by atoms with Crippen LogP contribution in [0, 0.1) is 0 Å². The van der Waals surface area contributed by atoms with E-state index in [-0.39, 0.29) is 0 Å². The molecule has 4 rings (SSSR count). The van der Waals surface area contributed by atoms with Crippen LogP contribution in [0.1, 0.15) is 5.56 Å². The second-order valence-corrected chi connectivity index (χ2v) is 5.16. The summed E-state index contributed by atoms with van der Waals surface area (Å²) in [4.78, 5) is 13.4. The molecule has 0 spiro atoms. The van der Waals surface area contributed by atoms with Gasteiger partial charge >= 0.3 is 0 Å². The van der Waals surface area contributed by atoms with Crippen molar-refractivity contribution in [1.29, 1.82) is 0 Å². The van der Waals surface area contributed by atoms with Gasteiger partial charge in [0.2, 0.25) is 0 Å². The molecule has 0 aliphatic carbocycles. The summed E-state index contributed by atoms with van der Waals surface area (Å²) in [5.74, 6) is 0.773. The van der Waals surface area contributed by atoms with Crippen LogP contribution in [0.3, 0.4) is 0 Å². The number of aromatic nitrogens is 4. The van der Waals surface area contributed by atoms with Gasteiger partial charge in [0.25, 0.3) is 0 Å². The van der Waals surface area contributed by atoms with E-state index in [1.54, 1.807) is 6.20 Å². The van der Waals surface area contributed by atoms with Gasteiger partial charge in [0, 0.05) is 36.9 Å². The van der Waals surface area contributed by atoms with Crippen molar-refractivity contribution in [3.8, 4) is 22.8 Å². The third-order valence-electron chi connectivity index (χ3n) is 3.55. The standard InChI is InChI=1S/C18H14N4/c1-2-6-15(7-3-1)18-20-16-8-10-22(13-17(16)21-18)12-14-5-4-9-19-11-14/h1-11,13H,12H2. The molecule has 0 amide bonds. The molecule has 3 heterocycles. The van der Waals surface area contributed by atoms with E-state index in [0.717, 1.165) is 34.9 Å². The predicted octanol–water partition coefficient (Wildman–Crippen LogP) is 3.49. The Hall–Kier alpha value is -3.01. The summed E-state index contributed by atoms with van der Waals surface area (Å²) >= 11 is 0. The summed E-state index contributed by atoms with van der Waals surface area (Å²) in [6, 6.07) is 16.1. The molecule has 0 unspecified atom stereocenters. The quantitative estimate of drug-likeness (QED) is 0.579. The molecule has 0 bridgehead atoms. The molecule has 2 aromatic rings. The first-order valence-electron chi connectivity index (χ1n) is 7.16. The monoisotopic (exact) mass is 286 g/mol. The van der Waals surface area contributed by atoms with Gasteiger partial charge in [-0.2, -0.15) is 0 Å². The molecule has 106 valence electrons. The molecule has 0 N–H and O–H groups in total. The van der Waals surface area contributed by atoms with E-state index in [9.17, 15) is 0 Å². The summed E-state index contributed by atoms with van der Waals surface area (Å²) in [5, 5.41) is 0. The Bertz CT molecular complexity index is 853. The smallest absolute Gasteiger partial charge is 0.160 e. The third-order valence-corrected chi connectivity index (χ3v) is 3.55. The number of hydrogen-bond acceptors (Lipinski definition) is 3. The number of imidazole rings is 1. The summed E-state index contributed by atoms with van der Waals surface area (Å²) in [5.41, 5.74) is 4.03. The second-order valence-electron chi connectivity index (χ2n) is 5.16. The fraction of sp³-hybridized carbons (Fsp3) is 0.0556. The van der Waals surface area contributed by atoms with Gasteiger partial charge in [-0.05, 0) is 17.7 Å². The van der Waals surface area contributed by atoms with Gasteiger partial charge in [-0.25, -0.2) is 9.97 Å². The van der Waals surface area contributed by atoms with Crippen molar-refractivity contribution in [2.75, 3.05) is 0 Å². The van der Waals surface area contributed by atoms with E-state index in [4.69, 9.17) is 0 Å². The second kappa shape index (κ2) is 5.41. The highest BCUT2D eigenvalue weighted by molar-refractivity contribution is 5.65. The fourth-order valence-corrected chi connectivity index (χ4v) is 2.47. The molecule has 4 heteroatoms. The summed E-state index contributed by atoms with van der Waals surface area (Å²) in [6.07, 6.45) is 7.72. The lowest BCUT2D eigenvalue weighted by Crippen LogP contribution is -2.01. The zero-order valence-electron chi connectivity index (χ0n) is 11.9. The molecule has 2 aliphatic heterocycles. The van der Waals surface area contributed by atoms with Crippen molar-refractivity contribution in [2.24, 2.45) is 0 Å². The Morgan fingerprint density at radius 1 is 0.864 bits per heavy atom. The molecule has 0 fully saturated rings. The minimum atomic E-state index is 0.773. The van der Waals surface area contributed by atoms with Crippen molar-refractivity contribution < 1.29 is 0 Å². The van der Waals surface area contributed by atoms with Crippen LogP contribution in [0.5, 0.6) is 0 Å². The predicted molar refractivity (Wildman–Crippen MR) is 85.4 cm³/mol. The van der Waals surface area contributed by atoms with Crippen molar-refractivity contribution in [3.63, 3.8) is 0 Å². The van der Waals surface area contributed by atoms with Crippen molar-refractivity contribution in [2.45, 2.75) is 6.54 Å². The number of pyridine rings is 2. The molecule has 2 aliphatic rings. The average Bonchev–Trinajstić information content (AvgIpc) is 3.00. The van der Waals surface area contributed by atoms with Crippen LogP contribution in [-0.4, -0.2) is 19.5 Å². The zero-order valence-corrected chi connectivity index (χ0v) is 11.9. The number of benzene rings is 1. The highest BCUT2D eigenvalue weighted by Crippen LogP contribution is 2.24. The van der Waals surface area contributed by atoms with Crippen LogP contribution in [0.15, 0.2) is 73.3 Å². The third kappa shape index (κ3) is 2.46. The van der Waals surface area contributed by atoms with Gasteiger partial charge in [0.15, 0.2) is 5.82 Å². The topological polar surface area (TPSA) is 43.6 Å². The first-order valence-corrected chi connectivity index (χ1v) is 7.16. The zero-order chi connectivity index (χ0) is 14.8. The molecule has 1 aromatic carbocycles. The van der Waals surface area contributed by atoms with E-state index in [1.807, 2.05) is 61.1 Å². The van der Waals surface area contributed by atoms with E-state index in [1.165, 1.54) is 0 Å². The normalized spacial score (nSPS) is 10.9. The molecule has 0 saturated carbocycles. The van der Waals surface area contributed by atoms with E-state index >= 15 is 0 Å². The van der Waals surface area contributed by atoms with Crippen molar-refractivity contribution in [1.82, 2.24) is 19.5 Å². The molecule has 0 radical (unpaired) electrons. The van der Waals surface area contributed by atoms with Crippen LogP contribution in [0.2, 0.25) is 0 Å². The molecule has 1 aromatic heterocycles. The van der Waals surface area contributed by atoms with Crippen LogP contribution >= 0.6 is 0 Å². The largest absolute Gasteiger partial charge is 0.348 e. The Balaban J connectivity index is 1.69. The Labute approximate surface area is 128 Å². The lowest BCUT2D eigenvalue weighted by atomic mass is 10.2. The van der Waals surface area contributed by atoms with Crippen LogP contribution in [0.4, 0.5) is 0 Å². The Morgan fingerprint density at radius 3 is 2.55 bits per heavy atom. The molecular weight excluding hydrogens is 272 g/mol. The van der Waals surface area contributed by atoms with Gasteiger partial charge in [-0.15, -0.1) is 0 Å². The molecule has 0 atom stereocenters. The molecule has 22 heavy (non-hydrogen) atoms. The molecule has 4 nitrogen and oxygen atoms in total. The fourth-order valence-electron chi connectivity index (χ4n) is 2.47. The SMILES string of the molecule is c1ccc(-c2nc3ccn(Cc4cccnc4)cc-3n2)cc1. The van der Waals surface area contributed by atoms with Crippen LogP contribution in [-0.2, 0) is 6.54 Å². The lowest BCUT2D eigenvalue weighted by molar-refractivity contribution is 0.786. The highest BCUT2D eigenvalue weighted by Gasteiger charge is 2.12. The average molecular weight is 286 g/mol. The van der Waals surface area contributed by atoms with Crippen LogP contribution in [0.25, 0.3) is 22.8 Å². The molecule has 0 saturated heterocycles. The highest BCUT2D eigenvalue weighted by atomic mass is 15.0. The van der Waals surface area contributed by atoms with Crippen molar-refractivity contribution in [3.05, 3.63) is 78.9 Å². The van der Waals surface area contributed by atoms with Gasteiger partial charge in [0.05, 0.1) is 5.69 Å². The summed E-state index contributed by atoms with van der Waals surface area (Å²) in [6.45, 7) is 0.775. The first-order chi connectivity index (χ1) is 10.9. The van der Waals surface area contributed by atoms with Gasteiger partial charge in [0.1, 0.15) is 5.69 Å². The number of rotatable bonds is 3. The maximum Gasteiger partial charge on any atom is 0.160 e. The Kier molecular flexibility index (Phi) is 3.12. The maximum atomic E-state index is 4.64. The minimum absolute atomic E-state index is 0.773. The Morgan fingerprint density at radius 2 is 1.73 bits per heavy atom. The van der Waals surface area contributed by atoms with Crippen molar-refractivity contribution >= 4 is 0 Å². The van der Waals surface area contributed by atoms with Crippen LogP contribution < -0.4 is 0 Å². The minimum Gasteiger partial charge on any atom is -0.348 e.